The molecule has 12 heavy (non-hydrogen) atoms. The van der Waals surface area contributed by atoms with Gasteiger partial charge in [0.25, 0.3) is 0 Å². The van der Waals surface area contributed by atoms with Gasteiger partial charge in [0.1, 0.15) is 0 Å². The van der Waals surface area contributed by atoms with E-state index in [9.17, 15) is 5.11 Å². The predicted octanol–water partition coefficient (Wildman–Crippen LogP) is 2.78. The molecule has 0 unspecified atom stereocenters. The molecule has 0 bridgehead atoms. The van der Waals surface area contributed by atoms with Gasteiger partial charge in [-0.2, -0.15) is 0 Å². The van der Waals surface area contributed by atoms with Crippen LogP contribution in [-0.4, -0.2) is 5.11 Å². The Labute approximate surface area is 70.2 Å². The molecule has 0 aliphatic heterocycles. The van der Waals surface area contributed by atoms with Crippen LogP contribution in [0.25, 0.3) is 10.5 Å². The first-order valence-electron chi connectivity index (χ1n) is 3.93. The second kappa shape index (κ2) is 3.81. The topological polar surface area (TPSA) is 83.0 Å². The Balaban J connectivity index is 2.78. The SMILES string of the molecule is N#[N+]C(N=[N-])=C(O)C1CCCC1. The van der Waals surface area contributed by atoms with Gasteiger partial charge in [-0.05, 0) is 12.8 Å². The average molecular weight is 166 g/mol. The summed E-state index contributed by atoms with van der Waals surface area (Å²) in [5.74, 6) is -0.494. The second-order valence-electron chi connectivity index (χ2n) is 2.89. The van der Waals surface area contributed by atoms with Crippen molar-refractivity contribution in [1.82, 2.24) is 0 Å². The molecule has 0 amide bonds. The molecule has 0 spiro atoms. The minimum atomic E-state index is -0.373. The largest absolute Gasteiger partial charge is 0.563 e. The number of aliphatic hydroxyl groups excluding tert-OH is 1. The van der Waals surface area contributed by atoms with Crippen molar-refractivity contribution in [3.8, 4) is 0 Å². The molecule has 0 radical (unpaired) electrons. The number of nitrogens with zero attached hydrogens (tertiary/aromatic N) is 4. The molecule has 0 saturated heterocycles. The van der Waals surface area contributed by atoms with Crippen LogP contribution in [0.15, 0.2) is 16.7 Å². The zero-order chi connectivity index (χ0) is 8.97. The minimum absolute atomic E-state index is 0.00759. The van der Waals surface area contributed by atoms with Gasteiger partial charge >= 0.3 is 5.82 Å². The van der Waals surface area contributed by atoms with Crippen molar-refractivity contribution in [1.29, 1.82) is 5.39 Å². The summed E-state index contributed by atoms with van der Waals surface area (Å²) >= 11 is 0. The van der Waals surface area contributed by atoms with E-state index in [0.29, 0.717) is 0 Å². The normalized spacial score (nSPS) is 19.9. The van der Waals surface area contributed by atoms with Gasteiger partial charge in [-0.15, -0.1) is 5.11 Å². The van der Waals surface area contributed by atoms with Gasteiger partial charge in [-0.25, -0.2) is 0 Å². The summed E-state index contributed by atoms with van der Waals surface area (Å²) in [6.45, 7) is 0. The predicted molar refractivity (Wildman–Crippen MR) is 42.5 cm³/mol. The van der Waals surface area contributed by atoms with Crippen LogP contribution in [-0.2, 0) is 0 Å². The van der Waals surface area contributed by atoms with E-state index in [1.807, 2.05) is 0 Å². The lowest BCUT2D eigenvalue weighted by molar-refractivity contribution is 0.326. The lowest BCUT2D eigenvalue weighted by Crippen LogP contribution is -1.99. The third-order valence-electron chi connectivity index (χ3n) is 2.16. The highest BCUT2D eigenvalue weighted by Gasteiger charge is 2.26. The van der Waals surface area contributed by atoms with Crippen LogP contribution in [0.2, 0.25) is 0 Å². The molecule has 0 heterocycles. The van der Waals surface area contributed by atoms with Gasteiger partial charge in [0.05, 0.1) is 5.39 Å². The Morgan fingerprint density at radius 1 is 1.50 bits per heavy atom. The summed E-state index contributed by atoms with van der Waals surface area (Å²) in [4.78, 5) is 2.66. The van der Waals surface area contributed by atoms with E-state index in [1.165, 1.54) is 0 Å². The number of rotatable bonds is 2. The second-order valence-corrected chi connectivity index (χ2v) is 2.89. The lowest BCUT2D eigenvalue weighted by atomic mass is 10.1. The number of diazo groups is 1. The summed E-state index contributed by atoms with van der Waals surface area (Å²) in [6.07, 6.45) is 3.83. The maximum absolute atomic E-state index is 9.38. The Morgan fingerprint density at radius 3 is 2.50 bits per heavy atom. The van der Waals surface area contributed by atoms with Crippen molar-refractivity contribution in [2.24, 2.45) is 11.0 Å². The molecule has 0 atom stereocenters. The maximum atomic E-state index is 9.38. The fourth-order valence-corrected chi connectivity index (χ4v) is 1.50. The standard InChI is InChI=1S/C7H10N4O/c8-10-7(11-9)6(12)5-3-1-2-4-5/h5,12H,1-4H2. The van der Waals surface area contributed by atoms with Crippen molar-refractivity contribution in [2.45, 2.75) is 25.7 Å². The highest BCUT2D eigenvalue weighted by molar-refractivity contribution is 5.14. The quantitative estimate of drug-likeness (QED) is 0.388. The van der Waals surface area contributed by atoms with E-state index in [1.54, 1.807) is 0 Å². The summed E-state index contributed by atoms with van der Waals surface area (Å²) < 4.78 is 0. The molecule has 0 aromatic rings. The van der Waals surface area contributed by atoms with E-state index in [4.69, 9.17) is 10.9 Å². The summed E-state index contributed by atoms with van der Waals surface area (Å²) in [7, 11) is 0. The number of hydrogen-bond acceptors (Lipinski definition) is 3. The molecule has 1 saturated carbocycles. The molecule has 1 rings (SSSR count). The third kappa shape index (κ3) is 1.59. The van der Waals surface area contributed by atoms with Crippen molar-refractivity contribution in [3.05, 3.63) is 22.1 Å². The Kier molecular flexibility index (Phi) is 2.75. The molecule has 0 aromatic carbocycles. The monoisotopic (exact) mass is 166 g/mol. The molecule has 1 N–H and O–H groups in total. The van der Waals surface area contributed by atoms with Crippen LogP contribution < -0.4 is 0 Å². The average Bonchev–Trinajstić information content (AvgIpc) is 2.58. The number of aliphatic hydroxyl groups is 1. The van der Waals surface area contributed by atoms with Crippen molar-refractivity contribution < 1.29 is 5.11 Å². The van der Waals surface area contributed by atoms with Crippen molar-refractivity contribution >= 4 is 0 Å². The number of allylic oxidation sites excluding steroid dienone is 1. The minimum Gasteiger partial charge on any atom is -0.563 e. The van der Waals surface area contributed by atoms with Crippen LogP contribution in [0.4, 0.5) is 0 Å². The van der Waals surface area contributed by atoms with E-state index >= 15 is 0 Å². The molecule has 5 heteroatoms. The van der Waals surface area contributed by atoms with E-state index in [-0.39, 0.29) is 17.5 Å². The van der Waals surface area contributed by atoms with Crippen LogP contribution in [0.5, 0.6) is 0 Å². The smallest absolute Gasteiger partial charge is 0.486 e. The maximum Gasteiger partial charge on any atom is 0.486 e. The fourth-order valence-electron chi connectivity index (χ4n) is 1.50. The first-order chi connectivity index (χ1) is 5.79. The zero-order valence-electron chi connectivity index (χ0n) is 6.64. The Morgan fingerprint density at radius 2 is 2.08 bits per heavy atom. The van der Waals surface area contributed by atoms with Gasteiger partial charge < -0.3 is 10.6 Å². The van der Waals surface area contributed by atoms with Gasteiger partial charge in [-0.3, -0.25) is 0 Å². The van der Waals surface area contributed by atoms with Gasteiger partial charge in [0.2, 0.25) is 5.76 Å². The molecule has 64 valence electrons. The third-order valence-corrected chi connectivity index (χ3v) is 2.16. The lowest BCUT2D eigenvalue weighted by Gasteiger charge is -2.02. The number of hydrogen-bond donors (Lipinski definition) is 1. The summed E-state index contributed by atoms with van der Waals surface area (Å²) in [6, 6.07) is 0. The van der Waals surface area contributed by atoms with Gasteiger partial charge in [0, 0.05) is 10.9 Å². The van der Waals surface area contributed by atoms with E-state index in [0.717, 1.165) is 25.7 Å². The molecule has 0 aromatic heterocycles. The summed E-state index contributed by atoms with van der Waals surface area (Å²) in [5.41, 5.74) is 8.31. The Bertz CT molecular complexity index is 247. The van der Waals surface area contributed by atoms with Gasteiger partial charge in [-0.1, -0.05) is 12.8 Å². The molecule has 5 nitrogen and oxygen atoms in total. The van der Waals surface area contributed by atoms with Gasteiger partial charge in [0.15, 0.2) is 0 Å². The first kappa shape index (κ1) is 8.65. The van der Waals surface area contributed by atoms with Crippen molar-refractivity contribution in [3.63, 3.8) is 0 Å². The van der Waals surface area contributed by atoms with Crippen LogP contribution in [0, 0.1) is 11.3 Å². The molecule has 1 aliphatic carbocycles. The highest BCUT2D eigenvalue weighted by atomic mass is 16.3. The summed E-state index contributed by atoms with van der Waals surface area (Å²) in [5, 5.41) is 20.4. The van der Waals surface area contributed by atoms with Crippen molar-refractivity contribution in [2.75, 3.05) is 0 Å². The molecular formula is C7H10N4O. The van der Waals surface area contributed by atoms with Crippen LogP contribution >= 0.6 is 0 Å². The Hall–Kier alpha value is -1.44. The molecular weight excluding hydrogens is 156 g/mol. The zero-order valence-corrected chi connectivity index (χ0v) is 6.64. The first-order valence-corrected chi connectivity index (χ1v) is 3.93. The highest BCUT2D eigenvalue weighted by Crippen LogP contribution is 2.31. The van der Waals surface area contributed by atoms with E-state index < -0.39 is 0 Å². The van der Waals surface area contributed by atoms with Crippen LogP contribution in [0.1, 0.15) is 25.7 Å². The fraction of sp³-hybridized carbons (Fsp3) is 0.714. The molecule has 1 aliphatic rings. The van der Waals surface area contributed by atoms with E-state index in [2.05, 4.69) is 10.1 Å². The molecule has 1 fully saturated rings. The van der Waals surface area contributed by atoms with Crippen LogP contribution in [0.3, 0.4) is 0 Å².